The van der Waals surface area contributed by atoms with Crippen molar-refractivity contribution in [2.75, 3.05) is 46.5 Å². The van der Waals surface area contributed by atoms with Gasteiger partial charge in [-0.15, -0.1) is 0 Å². The minimum Gasteiger partial charge on any atom is -0.507 e. The molecule has 1 aromatic carbocycles. The van der Waals surface area contributed by atoms with E-state index < -0.39 is 23.7 Å². The molecule has 3 heterocycles. The molecule has 1 amide bonds. The summed E-state index contributed by atoms with van der Waals surface area (Å²) >= 11 is 3.47. The van der Waals surface area contributed by atoms with E-state index in [1.54, 1.807) is 13.8 Å². The summed E-state index contributed by atoms with van der Waals surface area (Å²) in [6.07, 6.45) is 0. The number of nitrogens with one attached hydrogen (secondary N) is 1. The number of carbonyl (C=O) groups is 3. The number of hydrogen-bond donors (Lipinski definition) is 2. The molecule has 0 saturated carbocycles. The fourth-order valence-corrected chi connectivity index (χ4v) is 5.17. The molecular formula is C25H28BrN3O6. The van der Waals surface area contributed by atoms with Gasteiger partial charge in [0.1, 0.15) is 11.5 Å². The number of aromatic nitrogens is 1. The van der Waals surface area contributed by atoms with Crippen LogP contribution in [0.3, 0.4) is 0 Å². The van der Waals surface area contributed by atoms with Crippen molar-refractivity contribution < 1.29 is 29.0 Å². The van der Waals surface area contributed by atoms with Crippen LogP contribution in [0, 0.1) is 13.8 Å². The maximum Gasteiger partial charge on any atom is 0.354 e. The van der Waals surface area contributed by atoms with Crippen molar-refractivity contribution in [3.05, 3.63) is 62.4 Å². The first-order valence-corrected chi connectivity index (χ1v) is 12.2. The van der Waals surface area contributed by atoms with Gasteiger partial charge in [0.25, 0.3) is 11.7 Å². The number of amides is 1. The van der Waals surface area contributed by atoms with Gasteiger partial charge in [0, 0.05) is 41.9 Å². The molecule has 10 heteroatoms. The van der Waals surface area contributed by atoms with Crippen LogP contribution in [-0.4, -0.2) is 84.1 Å². The van der Waals surface area contributed by atoms with Crippen LogP contribution in [0.1, 0.15) is 38.9 Å². The van der Waals surface area contributed by atoms with Crippen LogP contribution in [0.5, 0.6) is 0 Å². The third kappa shape index (κ3) is 4.78. The maximum atomic E-state index is 13.3. The van der Waals surface area contributed by atoms with Crippen molar-refractivity contribution in [1.82, 2.24) is 14.8 Å². The first kappa shape index (κ1) is 25.2. The summed E-state index contributed by atoms with van der Waals surface area (Å²) < 4.78 is 11.0. The summed E-state index contributed by atoms with van der Waals surface area (Å²) in [4.78, 5) is 45.3. The summed E-state index contributed by atoms with van der Waals surface area (Å²) in [6, 6.07) is 6.56. The first-order valence-electron chi connectivity index (χ1n) is 11.4. The molecule has 0 radical (unpaired) electrons. The highest BCUT2D eigenvalue weighted by Gasteiger charge is 2.46. The Hall–Kier alpha value is -2.95. The lowest BCUT2D eigenvalue weighted by Crippen LogP contribution is -2.42. The number of nitrogens with zero attached hydrogens (tertiary/aromatic N) is 2. The van der Waals surface area contributed by atoms with Crippen molar-refractivity contribution >= 4 is 39.3 Å². The Morgan fingerprint density at radius 1 is 1.23 bits per heavy atom. The molecule has 2 aromatic rings. The Morgan fingerprint density at radius 3 is 2.60 bits per heavy atom. The monoisotopic (exact) mass is 545 g/mol. The number of ketones is 1. The smallest absolute Gasteiger partial charge is 0.354 e. The predicted octanol–water partition coefficient (Wildman–Crippen LogP) is 2.93. The number of ether oxygens (including phenoxy) is 2. The maximum absolute atomic E-state index is 13.3. The minimum atomic E-state index is -0.774. The molecule has 4 rings (SSSR count). The number of methoxy groups -OCH3 is 1. The third-order valence-electron chi connectivity index (χ3n) is 6.53. The zero-order valence-corrected chi connectivity index (χ0v) is 21.5. The van der Waals surface area contributed by atoms with Crippen LogP contribution < -0.4 is 0 Å². The largest absolute Gasteiger partial charge is 0.507 e. The Labute approximate surface area is 211 Å². The fourth-order valence-electron chi connectivity index (χ4n) is 4.75. The first-order chi connectivity index (χ1) is 16.7. The van der Waals surface area contributed by atoms with Gasteiger partial charge in [-0.1, -0.05) is 28.1 Å². The number of benzene rings is 1. The van der Waals surface area contributed by atoms with Crippen molar-refractivity contribution in [2.45, 2.75) is 19.9 Å². The SMILES string of the molecule is COC(=O)c1[nH]c(C)c(/C(O)=C2\C(=O)C(=O)N(CCN3CCOCC3)[C@H]2c2cccc(Br)c2)c1C. The number of H-pyrrole nitrogens is 1. The van der Waals surface area contributed by atoms with Gasteiger partial charge in [-0.05, 0) is 37.1 Å². The number of likely N-dealkylation sites (tertiary alicyclic amines) is 1. The summed E-state index contributed by atoms with van der Waals surface area (Å²) in [5.74, 6) is -2.32. The number of aliphatic hydroxyl groups is 1. The number of aromatic amines is 1. The zero-order valence-electron chi connectivity index (χ0n) is 19.9. The molecule has 2 aliphatic rings. The molecule has 9 nitrogen and oxygen atoms in total. The molecule has 2 aliphatic heterocycles. The van der Waals surface area contributed by atoms with Crippen LogP contribution in [0.15, 0.2) is 34.3 Å². The van der Waals surface area contributed by atoms with E-state index in [0.29, 0.717) is 48.7 Å². The summed E-state index contributed by atoms with van der Waals surface area (Å²) in [7, 11) is 1.27. The standard InChI is InChI=1S/C25H28BrN3O6/c1-14-18(15(2)27-20(14)25(33)34-3)22(30)19-21(16-5-4-6-17(26)13-16)29(24(32)23(19)31)8-7-28-9-11-35-12-10-28/h4-6,13,21,27,30H,7-12H2,1-3H3/b22-19+/t21-/m0/s1. The number of aliphatic hydroxyl groups excluding tert-OH is 1. The second kappa shape index (κ2) is 10.3. The molecule has 2 saturated heterocycles. The van der Waals surface area contributed by atoms with E-state index in [1.165, 1.54) is 12.0 Å². The number of halogens is 1. The molecule has 0 unspecified atom stereocenters. The van der Waals surface area contributed by atoms with Crippen molar-refractivity contribution in [3.8, 4) is 0 Å². The van der Waals surface area contributed by atoms with Crippen LogP contribution in [0.2, 0.25) is 0 Å². The molecule has 2 fully saturated rings. The normalized spacial score (nSPS) is 20.5. The zero-order chi connectivity index (χ0) is 25.3. The van der Waals surface area contributed by atoms with Gasteiger partial charge in [0.05, 0.1) is 31.9 Å². The highest BCUT2D eigenvalue weighted by molar-refractivity contribution is 9.10. The van der Waals surface area contributed by atoms with E-state index in [2.05, 4.69) is 25.8 Å². The van der Waals surface area contributed by atoms with E-state index in [-0.39, 0.29) is 17.0 Å². The molecule has 0 bridgehead atoms. The van der Waals surface area contributed by atoms with E-state index in [9.17, 15) is 19.5 Å². The lowest BCUT2D eigenvalue weighted by molar-refractivity contribution is -0.140. The van der Waals surface area contributed by atoms with Crippen LogP contribution in [0.25, 0.3) is 5.76 Å². The van der Waals surface area contributed by atoms with E-state index in [1.807, 2.05) is 24.3 Å². The van der Waals surface area contributed by atoms with Crippen LogP contribution in [0.4, 0.5) is 0 Å². The highest BCUT2D eigenvalue weighted by Crippen LogP contribution is 2.41. The van der Waals surface area contributed by atoms with Crippen LogP contribution in [-0.2, 0) is 19.1 Å². The second-order valence-corrected chi connectivity index (χ2v) is 9.53. The topological polar surface area (TPSA) is 112 Å². The lowest BCUT2D eigenvalue weighted by Gasteiger charge is -2.31. The Balaban J connectivity index is 1.80. The molecule has 1 atom stereocenters. The number of hydrogen-bond acceptors (Lipinski definition) is 7. The molecule has 1 aromatic heterocycles. The van der Waals surface area contributed by atoms with Gasteiger partial charge in [0.15, 0.2) is 0 Å². The quantitative estimate of drug-likeness (QED) is 0.248. The number of esters is 1. The van der Waals surface area contributed by atoms with Gasteiger partial charge < -0.3 is 24.5 Å². The summed E-state index contributed by atoms with van der Waals surface area (Å²) in [6.45, 7) is 7.01. The Bertz CT molecular complexity index is 1200. The van der Waals surface area contributed by atoms with Crippen molar-refractivity contribution in [1.29, 1.82) is 0 Å². The van der Waals surface area contributed by atoms with Crippen molar-refractivity contribution in [3.63, 3.8) is 0 Å². The van der Waals surface area contributed by atoms with Gasteiger partial charge in [-0.25, -0.2) is 4.79 Å². The van der Waals surface area contributed by atoms with Gasteiger partial charge in [0.2, 0.25) is 0 Å². The molecule has 2 N–H and O–H groups in total. The van der Waals surface area contributed by atoms with Crippen molar-refractivity contribution in [2.24, 2.45) is 0 Å². The lowest BCUT2D eigenvalue weighted by atomic mass is 9.94. The van der Waals surface area contributed by atoms with E-state index >= 15 is 0 Å². The van der Waals surface area contributed by atoms with Gasteiger partial charge in [-0.3, -0.25) is 14.5 Å². The number of aryl methyl sites for hydroxylation is 1. The average Bonchev–Trinajstić information content (AvgIpc) is 3.29. The number of Topliss-reactive ketones (excluding diaryl/α,β-unsaturated/α-hetero) is 1. The fraction of sp³-hybridized carbons (Fsp3) is 0.400. The van der Waals surface area contributed by atoms with Gasteiger partial charge >= 0.3 is 5.97 Å². The molecular weight excluding hydrogens is 518 g/mol. The molecule has 186 valence electrons. The molecule has 0 spiro atoms. The molecule has 0 aliphatic carbocycles. The summed E-state index contributed by atoms with van der Waals surface area (Å²) in [5, 5.41) is 11.4. The predicted molar refractivity (Wildman–Crippen MR) is 132 cm³/mol. The average molecular weight is 546 g/mol. The minimum absolute atomic E-state index is 0.00306. The Kier molecular flexibility index (Phi) is 7.44. The highest BCUT2D eigenvalue weighted by atomic mass is 79.9. The van der Waals surface area contributed by atoms with E-state index in [4.69, 9.17) is 9.47 Å². The van der Waals surface area contributed by atoms with Gasteiger partial charge in [-0.2, -0.15) is 0 Å². The van der Waals surface area contributed by atoms with Crippen LogP contribution >= 0.6 is 15.9 Å². The number of rotatable bonds is 6. The molecule has 35 heavy (non-hydrogen) atoms. The van der Waals surface area contributed by atoms with E-state index in [0.717, 1.165) is 17.6 Å². The summed E-state index contributed by atoms with van der Waals surface area (Å²) in [5.41, 5.74) is 2.13. The number of morpholine rings is 1. The third-order valence-corrected chi connectivity index (χ3v) is 7.02. The number of carbonyl (C=O) groups excluding carboxylic acids is 3. The second-order valence-electron chi connectivity index (χ2n) is 8.62. The Morgan fingerprint density at radius 2 is 1.94 bits per heavy atom.